The van der Waals surface area contributed by atoms with Gasteiger partial charge in [0.1, 0.15) is 5.78 Å². The van der Waals surface area contributed by atoms with E-state index in [1.54, 1.807) is 0 Å². The third kappa shape index (κ3) is 3.73. The standard InChI is InChI=1S/C9H11F3N2O/c1-7(15)3-2-5-14-6-4-8(13-14)9(10,11)12/h4,6H,2-3,5H2,1H3. The van der Waals surface area contributed by atoms with E-state index < -0.39 is 11.9 Å². The second kappa shape index (κ2) is 4.46. The first kappa shape index (κ1) is 11.7. The van der Waals surface area contributed by atoms with Crippen molar-refractivity contribution in [2.24, 2.45) is 0 Å². The third-order valence-electron chi connectivity index (χ3n) is 1.85. The summed E-state index contributed by atoms with van der Waals surface area (Å²) in [6, 6.07) is 0.924. The second-order valence-electron chi connectivity index (χ2n) is 3.27. The molecule has 84 valence electrons. The molecule has 0 aliphatic carbocycles. The second-order valence-corrected chi connectivity index (χ2v) is 3.27. The molecule has 0 amide bonds. The number of rotatable bonds is 4. The molecule has 6 heteroatoms. The molecule has 1 heterocycles. The summed E-state index contributed by atoms with van der Waals surface area (Å²) in [6.45, 7) is 1.78. The largest absolute Gasteiger partial charge is 0.435 e. The molecule has 0 unspecified atom stereocenters. The van der Waals surface area contributed by atoms with E-state index in [0.717, 1.165) is 6.07 Å². The molecule has 0 N–H and O–H groups in total. The summed E-state index contributed by atoms with van der Waals surface area (Å²) in [5.74, 6) is 0.0261. The minimum absolute atomic E-state index is 0.0261. The number of carbonyl (C=O) groups is 1. The molecule has 1 rings (SSSR count). The normalized spacial score (nSPS) is 11.7. The van der Waals surface area contributed by atoms with Gasteiger partial charge in [-0.25, -0.2) is 0 Å². The lowest BCUT2D eigenvalue weighted by Gasteiger charge is -2.02. The van der Waals surface area contributed by atoms with E-state index in [9.17, 15) is 18.0 Å². The van der Waals surface area contributed by atoms with E-state index in [1.807, 2.05) is 0 Å². The maximum atomic E-state index is 12.1. The first-order valence-corrected chi connectivity index (χ1v) is 4.49. The molecule has 0 saturated carbocycles. The van der Waals surface area contributed by atoms with Crippen LogP contribution in [0.1, 0.15) is 25.5 Å². The molecule has 0 aliphatic rings. The van der Waals surface area contributed by atoms with Gasteiger partial charge in [-0.1, -0.05) is 0 Å². The van der Waals surface area contributed by atoms with Gasteiger partial charge in [-0.2, -0.15) is 18.3 Å². The van der Waals surface area contributed by atoms with Gasteiger partial charge < -0.3 is 4.79 Å². The average molecular weight is 220 g/mol. The van der Waals surface area contributed by atoms with Crippen LogP contribution in [0.3, 0.4) is 0 Å². The monoisotopic (exact) mass is 220 g/mol. The van der Waals surface area contributed by atoms with Gasteiger partial charge in [0, 0.05) is 19.2 Å². The van der Waals surface area contributed by atoms with E-state index in [4.69, 9.17) is 0 Å². The molecular formula is C9H11F3N2O. The van der Waals surface area contributed by atoms with E-state index in [0.29, 0.717) is 19.4 Å². The summed E-state index contributed by atoms with van der Waals surface area (Å²) in [7, 11) is 0. The highest BCUT2D eigenvalue weighted by atomic mass is 19.4. The van der Waals surface area contributed by atoms with Crippen molar-refractivity contribution in [1.82, 2.24) is 9.78 Å². The molecule has 0 aliphatic heterocycles. The Morgan fingerprint density at radius 2 is 2.20 bits per heavy atom. The fraction of sp³-hybridized carbons (Fsp3) is 0.556. The fourth-order valence-electron chi connectivity index (χ4n) is 1.13. The highest BCUT2D eigenvalue weighted by Crippen LogP contribution is 2.27. The van der Waals surface area contributed by atoms with Gasteiger partial charge in [-0.15, -0.1) is 0 Å². The van der Waals surface area contributed by atoms with Gasteiger partial charge >= 0.3 is 6.18 Å². The van der Waals surface area contributed by atoms with Crippen LogP contribution in [0.2, 0.25) is 0 Å². The smallest absolute Gasteiger partial charge is 0.300 e. The number of alkyl halides is 3. The molecule has 0 aromatic carbocycles. The number of ketones is 1. The molecule has 0 spiro atoms. The van der Waals surface area contributed by atoms with Crippen molar-refractivity contribution in [2.45, 2.75) is 32.5 Å². The Balaban J connectivity index is 2.50. The van der Waals surface area contributed by atoms with Gasteiger partial charge in [0.2, 0.25) is 0 Å². The van der Waals surface area contributed by atoms with Crippen LogP contribution in [-0.2, 0) is 17.5 Å². The average Bonchev–Trinajstić information content (AvgIpc) is 2.51. The maximum absolute atomic E-state index is 12.1. The molecule has 0 bridgehead atoms. The number of aryl methyl sites for hydroxylation is 1. The summed E-state index contributed by atoms with van der Waals surface area (Å²) in [5.41, 5.74) is -0.898. The molecule has 0 radical (unpaired) electrons. The van der Waals surface area contributed by atoms with Gasteiger partial charge in [0.25, 0.3) is 0 Å². The molecule has 15 heavy (non-hydrogen) atoms. The topological polar surface area (TPSA) is 34.9 Å². The summed E-state index contributed by atoms with van der Waals surface area (Å²) in [5, 5.41) is 3.36. The van der Waals surface area contributed by atoms with Crippen LogP contribution in [0.4, 0.5) is 13.2 Å². The van der Waals surface area contributed by atoms with Gasteiger partial charge in [0.15, 0.2) is 5.69 Å². The summed E-state index contributed by atoms with van der Waals surface area (Å²) >= 11 is 0. The lowest BCUT2D eigenvalue weighted by Crippen LogP contribution is -2.08. The van der Waals surface area contributed by atoms with Crippen LogP contribution in [-0.4, -0.2) is 15.6 Å². The van der Waals surface area contributed by atoms with Crippen LogP contribution in [0.5, 0.6) is 0 Å². The molecule has 1 aromatic heterocycles. The number of carbonyl (C=O) groups excluding carboxylic acids is 1. The molecule has 0 saturated heterocycles. The Hall–Kier alpha value is -1.33. The number of aromatic nitrogens is 2. The number of halogens is 3. The fourth-order valence-corrected chi connectivity index (χ4v) is 1.13. The quantitative estimate of drug-likeness (QED) is 0.780. The Morgan fingerprint density at radius 3 is 2.67 bits per heavy atom. The molecular weight excluding hydrogens is 209 g/mol. The lowest BCUT2D eigenvalue weighted by atomic mass is 10.2. The van der Waals surface area contributed by atoms with Crippen molar-refractivity contribution in [3.05, 3.63) is 18.0 Å². The zero-order chi connectivity index (χ0) is 11.5. The Kier molecular flexibility index (Phi) is 3.49. The van der Waals surface area contributed by atoms with Crippen molar-refractivity contribution in [1.29, 1.82) is 0 Å². The number of nitrogens with zero attached hydrogens (tertiary/aromatic N) is 2. The summed E-state index contributed by atoms with van der Waals surface area (Å²) in [4.78, 5) is 10.6. The molecule has 0 fully saturated rings. The zero-order valence-electron chi connectivity index (χ0n) is 8.21. The van der Waals surface area contributed by atoms with Crippen molar-refractivity contribution in [3.63, 3.8) is 0 Å². The van der Waals surface area contributed by atoms with Crippen LogP contribution in [0.15, 0.2) is 12.3 Å². The highest BCUT2D eigenvalue weighted by Gasteiger charge is 2.33. The number of hydrogen-bond donors (Lipinski definition) is 0. The minimum Gasteiger partial charge on any atom is -0.300 e. The lowest BCUT2D eigenvalue weighted by molar-refractivity contribution is -0.141. The van der Waals surface area contributed by atoms with Crippen LogP contribution < -0.4 is 0 Å². The van der Waals surface area contributed by atoms with Crippen LogP contribution in [0.25, 0.3) is 0 Å². The Morgan fingerprint density at radius 1 is 1.53 bits per heavy atom. The first-order chi connectivity index (χ1) is 6.89. The summed E-state index contributed by atoms with van der Waals surface area (Å²) < 4.78 is 37.6. The van der Waals surface area contributed by atoms with E-state index >= 15 is 0 Å². The molecule has 1 aromatic rings. The third-order valence-corrected chi connectivity index (χ3v) is 1.85. The highest BCUT2D eigenvalue weighted by molar-refractivity contribution is 5.75. The van der Waals surface area contributed by atoms with Gasteiger partial charge in [-0.05, 0) is 19.4 Å². The predicted octanol–water partition coefficient (Wildman–Crippen LogP) is 2.27. The molecule has 0 atom stereocenters. The van der Waals surface area contributed by atoms with Gasteiger partial charge in [0.05, 0.1) is 0 Å². The summed E-state index contributed by atoms with van der Waals surface area (Å²) in [6.07, 6.45) is -2.26. The van der Waals surface area contributed by atoms with E-state index in [1.165, 1.54) is 17.8 Å². The number of Topliss-reactive ketones (excluding diaryl/α,β-unsaturated/α-hetero) is 1. The zero-order valence-corrected chi connectivity index (χ0v) is 8.21. The van der Waals surface area contributed by atoms with Crippen molar-refractivity contribution in [3.8, 4) is 0 Å². The minimum atomic E-state index is -4.40. The first-order valence-electron chi connectivity index (χ1n) is 4.49. The Bertz CT molecular complexity index is 343. The van der Waals surface area contributed by atoms with Crippen LogP contribution >= 0.6 is 0 Å². The van der Waals surface area contributed by atoms with Crippen molar-refractivity contribution >= 4 is 5.78 Å². The maximum Gasteiger partial charge on any atom is 0.435 e. The van der Waals surface area contributed by atoms with E-state index in [-0.39, 0.29) is 5.78 Å². The molecule has 3 nitrogen and oxygen atoms in total. The van der Waals surface area contributed by atoms with Crippen LogP contribution in [0, 0.1) is 0 Å². The Labute approximate surface area is 84.9 Å². The van der Waals surface area contributed by atoms with Crippen molar-refractivity contribution in [2.75, 3.05) is 0 Å². The van der Waals surface area contributed by atoms with E-state index in [2.05, 4.69) is 5.10 Å². The van der Waals surface area contributed by atoms with Crippen molar-refractivity contribution < 1.29 is 18.0 Å². The predicted molar refractivity (Wildman–Crippen MR) is 47.1 cm³/mol. The van der Waals surface area contributed by atoms with Gasteiger partial charge in [-0.3, -0.25) is 4.68 Å². The number of hydrogen-bond acceptors (Lipinski definition) is 2. The SMILES string of the molecule is CC(=O)CCCn1ccc(C(F)(F)F)n1.